The fourth-order valence-electron chi connectivity index (χ4n) is 1.27. The number of nitrogens with zero attached hydrogens (tertiary/aromatic N) is 3. The van der Waals surface area contributed by atoms with Gasteiger partial charge in [-0.2, -0.15) is 15.0 Å². The van der Waals surface area contributed by atoms with E-state index in [1.165, 1.54) is 0 Å². The van der Waals surface area contributed by atoms with Crippen LogP contribution in [0.3, 0.4) is 0 Å². The van der Waals surface area contributed by atoms with E-state index in [0.717, 1.165) is 0 Å². The van der Waals surface area contributed by atoms with E-state index in [0.29, 0.717) is 11.4 Å². The number of carbonyl (C=O) groups is 1. The third-order valence-corrected chi connectivity index (χ3v) is 2.31. The van der Waals surface area contributed by atoms with E-state index in [1.807, 2.05) is 0 Å². The zero-order chi connectivity index (χ0) is 13.8. The van der Waals surface area contributed by atoms with Gasteiger partial charge < -0.3 is 10.4 Å². The number of carboxylic acid groups (broad SMARTS) is 1. The van der Waals surface area contributed by atoms with Crippen molar-refractivity contribution in [2.24, 2.45) is 0 Å². The minimum absolute atomic E-state index is 0.0216. The van der Waals surface area contributed by atoms with Crippen LogP contribution in [0.1, 0.15) is 0 Å². The smallest absolute Gasteiger partial charge is 0.409 e. The molecule has 0 atom stereocenters. The first-order valence-corrected chi connectivity index (χ1v) is 5.72. The lowest BCUT2D eigenvalue weighted by Gasteiger charge is -2.06. The molecule has 0 bridgehead atoms. The van der Waals surface area contributed by atoms with Gasteiger partial charge in [0, 0.05) is 11.4 Å². The Hall–Kier alpha value is -2.12. The highest BCUT2D eigenvalue weighted by Crippen LogP contribution is 2.18. The molecule has 3 N–H and O–H groups in total. The van der Waals surface area contributed by atoms with Gasteiger partial charge >= 0.3 is 6.09 Å². The van der Waals surface area contributed by atoms with Crippen molar-refractivity contribution in [3.63, 3.8) is 0 Å². The number of hydrogen-bond acceptors (Lipinski definition) is 5. The summed E-state index contributed by atoms with van der Waals surface area (Å²) in [6, 6.07) is 6.47. The summed E-state index contributed by atoms with van der Waals surface area (Å²) in [5, 5.41) is 13.6. The molecule has 19 heavy (non-hydrogen) atoms. The second-order valence-corrected chi connectivity index (χ2v) is 4.01. The average molecular weight is 300 g/mol. The molecule has 0 aliphatic rings. The summed E-state index contributed by atoms with van der Waals surface area (Å²) in [5.74, 6) is 0.198. The molecule has 0 fully saturated rings. The van der Waals surface area contributed by atoms with E-state index in [1.54, 1.807) is 24.3 Å². The molecule has 0 radical (unpaired) electrons. The standard InChI is InChI=1S/C10H7Cl2N5O2/c11-7-15-8(12)17-9(16-7)13-5-1-3-6(4-2-5)14-10(18)19/h1-4,14H,(H,18,19)(H,13,15,16,17). The highest BCUT2D eigenvalue weighted by Gasteiger charge is 2.04. The van der Waals surface area contributed by atoms with Crippen molar-refractivity contribution in [2.75, 3.05) is 10.6 Å². The van der Waals surface area contributed by atoms with E-state index in [-0.39, 0.29) is 16.5 Å². The van der Waals surface area contributed by atoms with Gasteiger partial charge in [-0.15, -0.1) is 0 Å². The van der Waals surface area contributed by atoms with E-state index < -0.39 is 6.09 Å². The van der Waals surface area contributed by atoms with Crippen LogP contribution in [0.2, 0.25) is 10.6 Å². The van der Waals surface area contributed by atoms with Crippen molar-refractivity contribution in [1.82, 2.24) is 15.0 Å². The van der Waals surface area contributed by atoms with E-state index >= 15 is 0 Å². The van der Waals surface area contributed by atoms with Crippen molar-refractivity contribution in [3.8, 4) is 0 Å². The van der Waals surface area contributed by atoms with Gasteiger partial charge in [-0.25, -0.2) is 4.79 Å². The second kappa shape index (κ2) is 5.68. The Morgan fingerprint density at radius 3 is 2.05 bits per heavy atom. The van der Waals surface area contributed by atoms with Crippen LogP contribution in [-0.4, -0.2) is 26.2 Å². The van der Waals surface area contributed by atoms with Crippen molar-refractivity contribution < 1.29 is 9.90 Å². The van der Waals surface area contributed by atoms with Crippen molar-refractivity contribution in [3.05, 3.63) is 34.8 Å². The van der Waals surface area contributed by atoms with Crippen LogP contribution in [-0.2, 0) is 0 Å². The van der Waals surface area contributed by atoms with Crippen LogP contribution >= 0.6 is 23.2 Å². The molecule has 0 saturated carbocycles. The summed E-state index contributed by atoms with van der Waals surface area (Å²) >= 11 is 11.3. The Morgan fingerprint density at radius 1 is 1.00 bits per heavy atom. The monoisotopic (exact) mass is 299 g/mol. The zero-order valence-electron chi connectivity index (χ0n) is 9.26. The molecule has 0 aliphatic carbocycles. The van der Waals surface area contributed by atoms with Crippen LogP contribution in [0.25, 0.3) is 0 Å². The molecule has 2 rings (SSSR count). The lowest BCUT2D eigenvalue weighted by Crippen LogP contribution is -2.07. The van der Waals surface area contributed by atoms with Crippen LogP contribution in [0.15, 0.2) is 24.3 Å². The molecule has 7 nitrogen and oxygen atoms in total. The predicted molar refractivity (Wildman–Crippen MR) is 71.2 cm³/mol. The van der Waals surface area contributed by atoms with Crippen molar-refractivity contribution in [1.29, 1.82) is 0 Å². The van der Waals surface area contributed by atoms with Gasteiger partial charge in [0.2, 0.25) is 16.5 Å². The van der Waals surface area contributed by atoms with Crippen molar-refractivity contribution >= 4 is 46.6 Å². The summed E-state index contributed by atoms with van der Waals surface area (Å²) in [7, 11) is 0. The maximum absolute atomic E-state index is 10.4. The summed E-state index contributed by atoms with van der Waals surface area (Å²) < 4.78 is 0. The molecule has 0 aliphatic heterocycles. The van der Waals surface area contributed by atoms with Gasteiger partial charge in [0.05, 0.1) is 0 Å². The molecular formula is C10H7Cl2N5O2. The number of nitrogens with one attached hydrogen (secondary N) is 2. The minimum atomic E-state index is -1.13. The number of aromatic nitrogens is 3. The van der Waals surface area contributed by atoms with E-state index in [4.69, 9.17) is 28.3 Å². The summed E-state index contributed by atoms with van der Waals surface area (Å²) in [6.45, 7) is 0. The van der Waals surface area contributed by atoms with Crippen molar-refractivity contribution in [2.45, 2.75) is 0 Å². The largest absolute Gasteiger partial charge is 0.465 e. The molecule has 9 heteroatoms. The summed E-state index contributed by atoms with van der Waals surface area (Å²) in [4.78, 5) is 21.7. The van der Waals surface area contributed by atoms with Gasteiger partial charge in [0.15, 0.2) is 0 Å². The Bertz CT molecular complexity index is 585. The summed E-state index contributed by atoms with van der Waals surface area (Å²) in [5.41, 5.74) is 1.10. The predicted octanol–water partition coefficient (Wildman–Crippen LogP) is 3.01. The third-order valence-electron chi connectivity index (χ3n) is 1.97. The van der Waals surface area contributed by atoms with E-state index in [9.17, 15) is 4.79 Å². The lowest BCUT2D eigenvalue weighted by molar-refractivity contribution is 0.210. The molecule has 1 aromatic carbocycles. The maximum atomic E-state index is 10.4. The quantitative estimate of drug-likeness (QED) is 0.805. The van der Waals surface area contributed by atoms with Gasteiger partial charge in [0.25, 0.3) is 0 Å². The van der Waals surface area contributed by atoms with E-state index in [2.05, 4.69) is 25.6 Å². The fourth-order valence-corrected chi connectivity index (χ4v) is 1.63. The summed E-state index contributed by atoms with van der Waals surface area (Å²) in [6.07, 6.45) is -1.13. The van der Waals surface area contributed by atoms with Gasteiger partial charge in [0.1, 0.15) is 0 Å². The van der Waals surface area contributed by atoms with Gasteiger partial charge in [-0.1, -0.05) is 0 Å². The molecular weight excluding hydrogens is 293 g/mol. The Morgan fingerprint density at radius 2 is 1.53 bits per heavy atom. The zero-order valence-corrected chi connectivity index (χ0v) is 10.8. The molecule has 0 unspecified atom stereocenters. The normalized spacial score (nSPS) is 10.0. The number of hydrogen-bond donors (Lipinski definition) is 3. The number of benzene rings is 1. The van der Waals surface area contributed by atoms with Crippen LogP contribution in [0.4, 0.5) is 22.1 Å². The van der Waals surface area contributed by atoms with Crippen LogP contribution in [0.5, 0.6) is 0 Å². The first kappa shape index (κ1) is 13.3. The third kappa shape index (κ3) is 3.94. The SMILES string of the molecule is O=C(O)Nc1ccc(Nc2nc(Cl)nc(Cl)n2)cc1. The van der Waals surface area contributed by atoms with Crippen LogP contribution in [0, 0.1) is 0 Å². The van der Waals surface area contributed by atoms with Crippen LogP contribution < -0.4 is 10.6 Å². The number of anilines is 3. The molecule has 0 spiro atoms. The minimum Gasteiger partial charge on any atom is -0.465 e. The first-order valence-electron chi connectivity index (χ1n) is 4.97. The molecule has 1 amide bonds. The maximum Gasteiger partial charge on any atom is 0.409 e. The first-order chi connectivity index (χ1) is 9.02. The molecule has 1 heterocycles. The number of halogens is 2. The lowest BCUT2D eigenvalue weighted by atomic mass is 10.3. The van der Waals surface area contributed by atoms with Gasteiger partial charge in [-0.3, -0.25) is 5.32 Å². The second-order valence-electron chi connectivity index (χ2n) is 3.33. The van der Waals surface area contributed by atoms with Gasteiger partial charge in [-0.05, 0) is 47.5 Å². The highest BCUT2D eigenvalue weighted by atomic mass is 35.5. The number of amides is 1. The molecule has 1 aromatic heterocycles. The topological polar surface area (TPSA) is 100 Å². The fraction of sp³-hybridized carbons (Fsp3) is 0. The highest BCUT2D eigenvalue weighted by molar-refractivity contribution is 6.31. The Kier molecular flexibility index (Phi) is 3.98. The average Bonchev–Trinajstić information content (AvgIpc) is 2.29. The molecule has 0 saturated heterocycles. The Balaban J connectivity index is 2.12. The molecule has 2 aromatic rings. The Labute approximate surface area is 117 Å². The molecule has 98 valence electrons. The number of rotatable bonds is 3.